The molecule has 0 unspecified atom stereocenters. The first-order chi connectivity index (χ1) is 9.68. The highest BCUT2D eigenvalue weighted by Gasteiger charge is 2.11. The van der Waals surface area contributed by atoms with Gasteiger partial charge in [-0.3, -0.25) is 0 Å². The second kappa shape index (κ2) is 5.69. The van der Waals surface area contributed by atoms with Gasteiger partial charge in [0.05, 0.1) is 10.6 Å². The maximum atomic E-state index is 11.5. The highest BCUT2D eigenvalue weighted by atomic mass is 79.9. The molecule has 0 saturated carbocycles. The fraction of sp³-hybridized carbons (Fsp3) is 0.200. The van der Waals surface area contributed by atoms with Crippen LogP contribution in [0, 0.1) is 13.8 Å². The summed E-state index contributed by atoms with van der Waals surface area (Å²) < 4.78 is 29.7. The van der Waals surface area contributed by atoms with Crippen LogP contribution in [-0.2, 0) is 9.84 Å². The van der Waals surface area contributed by atoms with Crippen LogP contribution >= 0.6 is 15.9 Å². The number of nitrogens with two attached hydrogens (primary N) is 1. The molecule has 0 bridgehead atoms. The van der Waals surface area contributed by atoms with Crippen LogP contribution in [0.1, 0.15) is 11.1 Å². The summed E-state index contributed by atoms with van der Waals surface area (Å²) in [5.74, 6) is 1.09. The summed E-state index contributed by atoms with van der Waals surface area (Å²) in [5.41, 5.74) is 8.27. The minimum Gasteiger partial charge on any atom is -0.455 e. The molecule has 2 N–H and O–H groups in total. The van der Waals surface area contributed by atoms with Crippen molar-refractivity contribution < 1.29 is 13.2 Å². The molecular formula is C15H16BrNO3S. The van der Waals surface area contributed by atoms with Crippen molar-refractivity contribution in [2.24, 2.45) is 0 Å². The topological polar surface area (TPSA) is 69.4 Å². The molecule has 0 heterocycles. The zero-order valence-electron chi connectivity index (χ0n) is 12.0. The number of ether oxygens (including phenoxy) is 1. The third kappa shape index (κ3) is 3.57. The van der Waals surface area contributed by atoms with E-state index in [1.54, 1.807) is 6.07 Å². The molecule has 0 aromatic heterocycles. The molecule has 0 amide bonds. The van der Waals surface area contributed by atoms with Crippen molar-refractivity contribution in [2.75, 3.05) is 12.0 Å². The number of benzene rings is 2. The van der Waals surface area contributed by atoms with Crippen LogP contribution in [0.4, 0.5) is 5.69 Å². The van der Waals surface area contributed by atoms with Gasteiger partial charge in [-0.15, -0.1) is 0 Å². The lowest BCUT2D eigenvalue weighted by atomic mass is 10.1. The third-order valence-electron chi connectivity index (χ3n) is 3.05. The van der Waals surface area contributed by atoms with Gasteiger partial charge in [-0.1, -0.05) is 15.9 Å². The van der Waals surface area contributed by atoms with Gasteiger partial charge in [-0.25, -0.2) is 8.42 Å². The normalized spacial score (nSPS) is 11.4. The highest BCUT2D eigenvalue weighted by molar-refractivity contribution is 9.10. The van der Waals surface area contributed by atoms with E-state index in [0.29, 0.717) is 11.5 Å². The van der Waals surface area contributed by atoms with E-state index < -0.39 is 9.84 Å². The molecule has 2 aromatic rings. The summed E-state index contributed by atoms with van der Waals surface area (Å²) in [5, 5.41) is 0. The first-order valence-electron chi connectivity index (χ1n) is 6.22. The molecule has 2 rings (SSSR count). The van der Waals surface area contributed by atoms with E-state index in [0.717, 1.165) is 21.9 Å². The van der Waals surface area contributed by atoms with Crippen LogP contribution < -0.4 is 10.5 Å². The Morgan fingerprint density at radius 2 is 1.67 bits per heavy atom. The first kappa shape index (κ1) is 15.9. The highest BCUT2D eigenvalue weighted by Crippen LogP contribution is 2.33. The molecule has 6 heteroatoms. The average Bonchev–Trinajstić information content (AvgIpc) is 2.37. The Kier molecular flexibility index (Phi) is 4.30. The van der Waals surface area contributed by atoms with Gasteiger partial charge < -0.3 is 10.5 Å². The van der Waals surface area contributed by atoms with Crippen molar-refractivity contribution in [1.82, 2.24) is 0 Å². The van der Waals surface area contributed by atoms with E-state index >= 15 is 0 Å². The Morgan fingerprint density at radius 1 is 1.10 bits per heavy atom. The van der Waals surface area contributed by atoms with Gasteiger partial charge in [0.1, 0.15) is 11.5 Å². The molecule has 112 valence electrons. The second-order valence-electron chi connectivity index (χ2n) is 4.94. The summed E-state index contributed by atoms with van der Waals surface area (Å²) in [7, 11) is -3.28. The van der Waals surface area contributed by atoms with Crippen molar-refractivity contribution in [3.63, 3.8) is 0 Å². The van der Waals surface area contributed by atoms with Gasteiger partial charge in [0.15, 0.2) is 9.84 Å². The molecule has 0 atom stereocenters. The molecule has 0 spiro atoms. The maximum Gasteiger partial charge on any atom is 0.175 e. The second-order valence-corrected chi connectivity index (χ2v) is 7.75. The number of rotatable bonds is 3. The minimum absolute atomic E-state index is 0.176. The largest absolute Gasteiger partial charge is 0.455 e. The summed E-state index contributed by atoms with van der Waals surface area (Å²) in [6.07, 6.45) is 1.14. The smallest absolute Gasteiger partial charge is 0.175 e. The Bertz CT molecular complexity index is 778. The molecule has 0 aliphatic carbocycles. The van der Waals surface area contributed by atoms with E-state index in [4.69, 9.17) is 10.5 Å². The zero-order chi connectivity index (χ0) is 15.8. The number of aryl methyl sites for hydroxylation is 2. The minimum atomic E-state index is -3.28. The molecular weight excluding hydrogens is 354 g/mol. The predicted molar refractivity (Wildman–Crippen MR) is 87.7 cm³/mol. The van der Waals surface area contributed by atoms with E-state index in [1.165, 1.54) is 12.1 Å². The van der Waals surface area contributed by atoms with Crippen LogP contribution in [0.15, 0.2) is 39.7 Å². The summed E-state index contributed by atoms with van der Waals surface area (Å²) in [4.78, 5) is 0.176. The third-order valence-corrected chi connectivity index (χ3v) is 5.41. The van der Waals surface area contributed by atoms with Crippen molar-refractivity contribution in [3.8, 4) is 11.5 Å². The van der Waals surface area contributed by atoms with E-state index in [1.807, 2.05) is 26.0 Å². The van der Waals surface area contributed by atoms with Gasteiger partial charge in [-0.2, -0.15) is 0 Å². The number of halogens is 1. The standard InChI is InChI=1S/C15H16BrNO3S/c1-9-6-11(7-10(2)15(9)16)20-14-5-4-12(8-13(14)17)21(3,18)19/h4-8H,17H2,1-3H3. The SMILES string of the molecule is Cc1cc(Oc2ccc(S(C)(=O)=O)cc2N)cc(C)c1Br. The number of hydrogen-bond acceptors (Lipinski definition) is 4. The number of sulfone groups is 1. The predicted octanol–water partition coefficient (Wildman–Crippen LogP) is 3.84. The molecule has 0 saturated heterocycles. The first-order valence-corrected chi connectivity index (χ1v) is 8.91. The maximum absolute atomic E-state index is 11.5. The Hall–Kier alpha value is -1.53. The van der Waals surface area contributed by atoms with E-state index in [-0.39, 0.29) is 10.6 Å². The molecule has 0 fully saturated rings. The Labute approximate surface area is 133 Å². The molecule has 4 nitrogen and oxygen atoms in total. The molecule has 0 radical (unpaired) electrons. The quantitative estimate of drug-likeness (QED) is 0.834. The van der Waals surface area contributed by atoms with Gasteiger partial charge in [0, 0.05) is 10.7 Å². The summed E-state index contributed by atoms with van der Waals surface area (Å²) >= 11 is 3.50. The van der Waals surface area contributed by atoms with Gasteiger partial charge >= 0.3 is 0 Å². The van der Waals surface area contributed by atoms with Gasteiger partial charge in [0.2, 0.25) is 0 Å². The van der Waals surface area contributed by atoms with Crippen molar-refractivity contribution >= 4 is 31.5 Å². The molecule has 0 aliphatic rings. The Morgan fingerprint density at radius 3 is 2.14 bits per heavy atom. The number of anilines is 1. The van der Waals surface area contributed by atoms with Gasteiger partial charge in [0.25, 0.3) is 0 Å². The van der Waals surface area contributed by atoms with Crippen LogP contribution in [0.3, 0.4) is 0 Å². The fourth-order valence-corrected chi connectivity index (χ4v) is 2.83. The van der Waals surface area contributed by atoms with E-state index in [2.05, 4.69) is 15.9 Å². The Balaban J connectivity index is 2.37. The van der Waals surface area contributed by atoms with Crippen molar-refractivity contribution in [2.45, 2.75) is 18.7 Å². The van der Waals surface area contributed by atoms with Crippen LogP contribution in [-0.4, -0.2) is 14.7 Å². The lowest BCUT2D eigenvalue weighted by molar-refractivity contribution is 0.483. The van der Waals surface area contributed by atoms with E-state index in [9.17, 15) is 8.42 Å². The number of hydrogen-bond donors (Lipinski definition) is 1. The summed E-state index contributed by atoms with van der Waals surface area (Å²) in [6.45, 7) is 3.94. The molecule has 0 aliphatic heterocycles. The van der Waals surface area contributed by atoms with Crippen molar-refractivity contribution in [1.29, 1.82) is 0 Å². The van der Waals surface area contributed by atoms with Crippen LogP contribution in [0.2, 0.25) is 0 Å². The number of nitrogen functional groups attached to an aromatic ring is 1. The lowest BCUT2D eigenvalue weighted by Crippen LogP contribution is -2.00. The summed E-state index contributed by atoms with van der Waals surface area (Å²) in [6, 6.07) is 8.24. The van der Waals surface area contributed by atoms with Gasteiger partial charge in [-0.05, 0) is 55.3 Å². The zero-order valence-corrected chi connectivity index (χ0v) is 14.4. The van der Waals surface area contributed by atoms with Crippen LogP contribution in [0.25, 0.3) is 0 Å². The molecule has 2 aromatic carbocycles. The van der Waals surface area contributed by atoms with Crippen molar-refractivity contribution in [3.05, 3.63) is 45.9 Å². The lowest BCUT2D eigenvalue weighted by Gasteiger charge is -2.12. The average molecular weight is 370 g/mol. The molecule has 21 heavy (non-hydrogen) atoms. The monoisotopic (exact) mass is 369 g/mol. The fourth-order valence-electron chi connectivity index (χ4n) is 1.94. The van der Waals surface area contributed by atoms with Crippen LogP contribution in [0.5, 0.6) is 11.5 Å².